The minimum Gasteiger partial charge on any atom is -0.282 e. The Morgan fingerprint density at radius 2 is 1.32 bits per heavy atom. The smallest absolute Gasteiger partial charge is 0.282 e. The molecule has 0 aliphatic carbocycles. The number of sulfone groups is 1. The van der Waals surface area contributed by atoms with Crippen molar-refractivity contribution in [2.75, 3.05) is 0 Å². The summed E-state index contributed by atoms with van der Waals surface area (Å²) in [7, 11) is -8.12. The highest BCUT2D eigenvalue weighted by molar-refractivity contribution is 7.92. The molecule has 0 spiro atoms. The molecule has 0 radical (unpaired) electrons. The maximum Gasteiger partial charge on any atom is 0.294 e. The highest BCUT2D eigenvalue weighted by Gasteiger charge is 2.34. The highest BCUT2D eigenvalue weighted by atomic mass is 32.2. The molecule has 0 unspecified atom stereocenters. The summed E-state index contributed by atoms with van der Waals surface area (Å²) in [6.07, 6.45) is 0. The van der Waals surface area contributed by atoms with Gasteiger partial charge in [0, 0.05) is 11.1 Å². The number of hydrogen-bond donors (Lipinski definition) is 1. The van der Waals surface area contributed by atoms with E-state index in [1.165, 1.54) is 18.2 Å². The van der Waals surface area contributed by atoms with E-state index in [0.29, 0.717) is 5.56 Å². The van der Waals surface area contributed by atoms with Crippen molar-refractivity contribution in [1.82, 2.24) is 0 Å². The third-order valence-corrected chi connectivity index (χ3v) is 6.92. The Morgan fingerprint density at radius 3 is 1.96 bits per heavy atom. The molecule has 5 nitrogen and oxygen atoms in total. The van der Waals surface area contributed by atoms with Crippen molar-refractivity contribution in [3.63, 3.8) is 0 Å². The van der Waals surface area contributed by atoms with Crippen molar-refractivity contribution in [1.29, 1.82) is 0 Å². The lowest BCUT2D eigenvalue weighted by Gasteiger charge is -2.05. The Kier molecular flexibility index (Phi) is 3.37. The van der Waals surface area contributed by atoms with Gasteiger partial charge in [-0.05, 0) is 41.5 Å². The van der Waals surface area contributed by atoms with Crippen LogP contribution in [0.1, 0.15) is 0 Å². The minimum absolute atomic E-state index is 0.0418. The molecule has 0 saturated heterocycles. The Morgan fingerprint density at radius 1 is 0.720 bits per heavy atom. The SMILES string of the molecule is O=S(=O)(O)c1ccc2c(c1)-c1cc(-c3ccccc3)ccc1S2(=O)=O. The van der Waals surface area contributed by atoms with Crippen molar-refractivity contribution in [2.45, 2.75) is 14.7 Å². The van der Waals surface area contributed by atoms with E-state index in [1.807, 2.05) is 30.3 Å². The van der Waals surface area contributed by atoms with Gasteiger partial charge in [-0.2, -0.15) is 8.42 Å². The van der Waals surface area contributed by atoms with Gasteiger partial charge in [0.2, 0.25) is 9.84 Å². The van der Waals surface area contributed by atoms with E-state index in [1.54, 1.807) is 12.1 Å². The molecular weight excluding hydrogens is 360 g/mol. The van der Waals surface area contributed by atoms with Crippen LogP contribution in [0.5, 0.6) is 0 Å². The van der Waals surface area contributed by atoms with Crippen molar-refractivity contribution in [3.05, 3.63) is 66.7 Å². The summed E-state index contributed by atoms with van der Waals surface area (Å²) in [6.45, 7) is 0. The maximum absolute atomic E-state index is 12.7. The lowest BCUT2D eigenvalue weighted by Crippen LogP contribution is -2.00. The minimum atomic E-state index is -4.42. The van der Waals surface area contributed by atoms with E-state index in [9.17, 15) is 21.4 Å². The topological polar surface area (TPSA) is 88.5 Å². The van der Waals surface area contributed by atoms with E-state index in [2.05, 4.69) is 0 Å². The molecule has 0 bridgehead atoms. The fraction of sp³-hybridized carbons (Fsp3) is 0. The van der Waals surface area contributed by atoms with E-state index < -0.39 is 20.0 Å². The van der Waals surface area contributed by atoms with Crippen LogP contribution < -0.4 is 0 Å². The summed E-state index contributed by atoms with van der Waals surface area (Å²) >= 11 is 0. The van der Waals surface area contributed by atoms with Gasteiger partial charge < -0.3 is 0 Å². The summed E-state index contributed by atoms with van der Waals surface area (Å²) < 4.78 is 57.4. The highest BCUT2D eigenvalue weighted by Crippen LogP contribution is 2.45. The molecule has 0 atom stereocenters. The largest absolute Gasteiger partial charge is 0.294 e. The normalized spacial score (nSPS) is 14.8. The lowest BCUT2D eigenvalue weighted by atomic mass is 9.99. The molecular formula is C18H12O5S2. The monoisotopic (exact) mass is 372 g/mol. The van der Waals surface area contributed by atoms with Gasteiger partial charge in [-0.1, -0.05) is 36.4 Å². The molecule has 0 fully saturated rings. The predicted octanol–water partition coefficient (Wildman–Crippen LogP) is 3.41. The van der Waals surface area contributed by atoms with Crippen molar-refractivity contribution in [3.8, 4) is 22.3 Å². The summed E-state index contributed by atoms with van der Waals surface area (Å²) in [5, 5.41) is 0. The summed E-state index contributed by atoms with van der Waals surface area (Å²) in [5.74, 6) is 0. The molecule has 3 aromatic rings. The average molecular weight is 372 g/mol. The molecule has 25 heavy (non-hydrogen) atoms. The van der Waals surface area contributed by atoms with Crippen molar-refractivity contribution >= 4 is 20.0 Å². The molecule has 0 amide bonds. The predicted molar refractivity (Wildman–Crippen MR) is 92.6 cm³/mol. The number of rotatable bonds is 2. The van der Waals surface area contributed by atoms with Crippen LogP contribution in [0.2, 0.25) is 0 Å². The summed E-state index contributed by atoms with van der Waals surface area (Å²) in [6, 6.07) is 17.9. The lowest BCUT2D eigenvalue weighted by molar-refractivity contribution is 0.483. The Hall–Kier alpha value is -2.48. The van der Waals surface area contributed by atoms with Crippen LogP contribution in [0.25, 0.3) is 22.3 Å². The third kappa shape index (κ3) is 2.48. The van der Waals surface area contributed by atoms with Crippen LogP contribution in [-0.2, 0) is 20.0 Å². The number of benzene rings is 3. The van der Waals surface area contributed by atoms with Gasteiger partial charge >= 0.3 is 0 Å². The molecule has 1 aliphatic heterocycles. The standard InChI is InChI=1S/C18H12O5S2/c19-24(20)17-8-6-13(12-4-2-1-3-5-12)10-15(17)16-11-14(25(21,22)23)7-9-18(16)24/h1-11H,(H,21,22,23). The van der Waals surface area contributed by atoms with Crippen LogP contribution >= 0.6 is 0 Å². The quantitative estimate of drug-likeness (QED) is 0.545. The molecule has 3 aromatic carbocycles. The third-order valence-electron chi connectivity index (χ3n) is 4.20. The zero-order chi connectivity index (χ0) is 17.8. The second-order valence-electron chi connectivity index (χ2n) is 5.71. The first-order valence-electron chi connectivity index (χ1n) is 7.35. The van der Waals surface area contributed by atoms with Crippen molar-refractivity contribution in [2.24, 2.45) is 0 Å². The molecule has 0 aromatic heterocycles. The van der Waals surface area contributed by atoms with Crippen molar-refractivity contribution < 1.29 is 21.4 Å². The molecule has 1 heterocycles. The summed E-state index contributed by atoms with van der Waals surface area (Å²) in [5.41, 5.74) is 2.45. The van der Waals surface area contributed by atoms with Crippen LogP contribution in [0.4, 0.5) is 0 Å². The second kappa shape index (κ2) is 5.26. The molecule has 1 aliphatic rings. The Bertz CT molecular complexity index is 1210. The zero-order valence-electron chi connectivity index (χ0n) is 12.7. The Labute approximate surface area is 145 Å². The molecule has 1 N–H and O–H groups in total. The Balaban J connectivity index is 2.01. The first-order chi connectivity index (χ1) is 11.8. The van der Waals surface area contributed by atoms with Gasteiger partial charge in [-0.15, -0.1) is 0 Å². The van der Waals surface area contributed by atoms with Gasteiger partial charge in [0.1, 0.15) is 0 Å². The van der Waals surface area contributed by atoms with Gasteiger partial charge in [-0.25, -0.2) is 8.42 Å². The fourth-order valence-corrected chi connectivity index (χ4v) is 5.17. The fourth-order valence-electron chi connectivity index (χ4n) is 3.02. The van der Waals surface area contributed by atoms with E-state index in [4.69, 9.17) is 0 Å². The van der Waals surface area contributed by atoms with Gasteiger partial charge in [0.15, 0.2) is 0 Å². The molecule has 126 valence electrons. The van der Waals surface area contributed by atoms with Crippen LogP contribution in [0.3, 0.4) is 0 Å². The maximum atomic E-state index is 12.7. The van der Waals surface area contributed by atoms with E-state index in [0.717, 1.165) is 17.2 Å². The van der Waals surface area contributed by atoms with Crippen LogP contribution in [-0.4, -0.2) is 21.4 Å². The van der Waals surface area contributed by atoms with Crippen LogP contribution in [0, 0.1) is 0 Å². The average Bonchev–Trinajstić information content (AvgIpc) is 2.82. The molecule has 4 rings (SSSR count). The zero-order valence-corrected chi connectivity index (χ0v) is 14.4. The molecule has 7 heteroatoms. The van der Waals surface area contributed by atoms with E-state index in [-0.39, 0.29) is 20.2 Å². The van der Waals surface area contributed by atoms with Gasteiger partial charge in [0.05, 0.1) is 14.7 Å². The van der Waals surface area contributed by atoms with Gasteiger partial charge in [0.25, 0.3) is 10.1 Å². The number of fused-ring (bicyclic) bond motifs is 3. The summed E-state index contributed by atoms with van der Waals surface area (Å²) in [4.78, 5) is -0.158. The second-order valence-corrected chi connectivity index (χ2v) is 9.02. The first-order valence-corrected chi connectivity index (χ1v) is 10.3. The van der Waals surface area contributed by atoms with Gasteiger partial charge in [-0.3, -0.25) is 4.55 Å². The van der Waals surface area contributed by atoms with E-state index >= 15 is 0 Å². The first kappa shape index (κ1) is 16.0. The van der Waals surface area contributed by atoms with Crippen LogP contribution in [0.15, 0.2) is 81.4 Å². The number of hydrogen-bond acceptors (Lipinski definition) is 4. The molecule has 0 saturated carbocycles.